The molecule has 5 nitrogen and oxygen atoms in total. The molecule has 0 saturated heterocycles. The highest BCUT2D eigenvalue weighted by Crippen LogP contribution is 2.25. The van der Waals surface area contributed by atoms with Crippen molar-refractivity contribution in [2.24, 2.45) is 0 Å². The molecule has 0 atom stereocenters. The van der Waals surface area contributed by atoms with Gasteiger partial charge in [0.15, 0.2) is 0 Å². The van der Waals surface area contributed by atoms with Crippen molar-refractivity contribution in [1.29, 1.82) is 0 Å². The molecule has 1 aliphatic rings. The summed E-state index contributed by atoms with van der Waals surface area (Å²) in [7, 11) is -3.81. The predicted octanol–water partition coefficient (Wildman–Crippen LogP) is 3.89. The third-order valence-electron chi connectivity index (χ3n) is 4.88. The van der Waals surface area contributed by atoms with E-state index in [0.717, 1.165) is 31.4 Å². The number of fused-ring (bicyclic) bond motifs is 1. The maximum absolute atomic E-state index is 13.2. The van der Waals surface area contributed by atoms with Crippen LogP contribution in [0.2, 0.25) is 0 Å². The van der Waals surface area contributed by atoms with Crippen LogP contribution in [0.1, 0.15) is 16.7 Å². The number of nitrogens with one attached hydrogen (secondary N) is 1. The minimum Gasteiger partial charge on any atom is -0.352 e. The number of rotatable bonds is 4. The van der Waals surface area contributed by atoms with Crippen molar-refractivity contribution in [2.75, 3.05) is 16.2 Å². The highest BCUT2D eigenvalue weighted by Gasteiger charge is 2.19. The molecule has 28 heavy (non-hydrogen) atoms. The smallest absolute Gasteiger partial charge is 0.262 e. The van der Waals surface area contributed by atoms with E-state index in [0.29, 0.717) is 11.3 Å². The molecule has 4 rings (SSSR count). The van der Waals surface area contributed by atoms with Gasteiger partial charge in [0.1, 0.15) is 11.6 Å². The Labute approximate surface area is 163 Å². The average molecular weight is 397 g/mol. The van der Waals surface area contributed by atoms with E-state index in [1.54, 1.807) is 13.0 Å². The van der Waals surface area contributed by atoms with Crippen LogP contribution in [0.25, 0.3) is 0 Å². The van der Waals surface area contributed by atoms with Crippen molar-refractivity contribution in [2.45, 2.75) is 24.8 Å². The molecule has 0 bridgehead atoms. The van der Waals surface area contributed by atoms with Crippen LogP contribution < -0.4 is 9.62 Å². The van der Waals surface area contributed by atoms with Gasteiger partial charge >= 0.3 is 0 Å². The summed E-state index contributed by atoms with van der Waals surface area (Å²) in [6.07, 6.45) is 2.46. The van der Waals surface area contributed by atoms with Crippen molar-refractivity contribution < 1.29 is 12.8 Å². The third-order valence-corrected chi connectivity index (χ3v) is 6.42. The van der Waals surface area contributed by atoms with Crippen LogP contribution in [0, 0.1) is 12.7 Å². The van der Waals surface area contributed by atoms with E-state index in [2.05, 4.69) is 32.8 Å². The van der Waals surface area contributed by atoms with Gasteiger partial charge in [-0.25, -0.2) is 17.8 Å². The van der Waals surface area contributed by atoms with E-state index in [1.165, 1.54) is 29.5 Å². The summed E-state index contributed by atoms with van der Waals surface area (Å²) in [6.45, 7) is 3.21. The molecule has 0 saturated carbocycles. The predicted molar refractivity (Wildman–Crippen MR) is 107 cm³/mol. The number of halogens is 1. The SMILES string of the molecule is Cc1cc(F)ccc1S(=O)(=O)Nc1ccc(N2CCc3ccccc3C2)nc1. The Balaban J connectivity index is 1.51. The molecule has 2 heterocycles. The van der Waals surface area contributed by atoms with Crippen LogP contribution in [0.3, 0.4) is 0 Å². The van der Waals surface area contributed by atoms with E-state index >= 15 is 0 Å². The Morgan fingerprint density at radius 2 is 1.86 bits per heavy atom. The zero-order valence-electron chi connectivity index (χ0n) is 15.4. The lowest BCUT2D eigenvalue weighted by Gasteiger charge is -2.29. The molecular weight excluding hydrogens is 377 g/mol. The Morgan fingerprint density at radius 3 is 2.57 bits per heavy atom. The number of aromatic nitrogens is 1. The van der Waals surface area contributed by atoms with Crippen LogP contribution in [0.4, 0.5) is 15.9 Å². The second-order valence-electron chi connectivity index (χ2n) is 6.86. The Bertz CT molecular complexity index is 1110. The Kier molecular flexibility index (Phi) is 4.77. The summed E-state index contributed by atoms with van der Waals surface area (Å²) in [4.78, 5) is 6.65. The number of anilines is 2. The summed E-state index contributed by atoms with van der Waals surface area (Å²) >= 11 is 0. The highest BCUT2D eigenvalue weighted by atomic mass is 32.2. The molecule has 0 aliphatic carbocycles. The molecule has 0 unspecified atom stereocenters. The zero-order chi connectivity index (χ0) is 19.7. The topological polar surface area (TPSA) is 62.3 Å². The highest BCUT2D eigenvalue weighted by molar-refractivity contribution is 7.92. The van der Waals surface area contributed by atoms with Gasteiger partial charge in [-0.3, -0.25) is 4.72 Å². The van der Waals surface area contributed by atoms with Gasteiger partial charge in [-0.1, -0.05) is 24.3 Å². The lowest BCUT2D eigenvalue weighted by atomic mass is 10.00. The molecule has 7 heteroatoms. The van der Waals surface area contributed by atoms with Gasteiger partial charge in [-0.2, -0.15) is 0 Å². The number of pyridine rings is 1. The van der Waals surface area contributed by atoms with Gasteiger partial charge in [-0.15, -0.1) is 0 Å². The van der Waals surface area contributed by atoms with E-state index in [4.69, 9.17) is 0 Å². The Hall–Kier alpha value is -2.93. The largest absolute Gasteiger partial charge is 0.352 e. The second-order valence-corrected chi connectivity index (χ2v) is 8.51. The van der Waals surface area contributed by atoms with Gasteiger partial charge in [0.05, 0.1) is 16.8 Å². The molecule has 0 fully saturated rings. The van der Waals surface area contributed by atoms with Crippen molar-refractivity contribution in [1.82, 2.24) is 4.98 Å². The standard InChI is InChI=1S/C21H20FN3O2S/c1-15-12-18(22)6-8-20(15)28(26,27)24-19-7-9-21(23-13-19)25-11-10-16-4-2-3-5-17(16)14-25/h2-9,12-13,24H,10-11,14H2,1H3. The minimum atomic E-state index is -3.81. The molecule has 144 valence electrons. The summed E-state index contributed by atoms with van der Waals surface area (Å²) in [5.74, 6) is 0.334. The lowest BCUT2D eigenvalue weighted by molar-refractivity contribution is 0.598. The fourth-order valence-electron chi connectivity index (χ4n) is 3.45. The normalized spacial score (nSPS) is 13.9. The van der Waals surface area contributed by atoms with E-state index < -0.39 is 15.8 Å². The van der Waals surface area contributed by atoms with Crippen LogP contribution in [0.5, 0.6) is 0 Å². The summed E-state index contributed by atoms with van der Waals surface area (Å²) < 4.78 is 40.9. The maximum Gasteiger partial charge on any atom is 0.262 e. The first-order chi connectivity index (χ1) is 13.4. The van der Waals surface area contributed by atoms with E-state index in [-0.39, 0.29) is 4.90 Å². The number of aryl methyl sites for hydroxylation is 1. The number of nitrogens with zero attached hydrogens (tertiary/aromatic N) is 2. The third kappa shape index (κ3) is 3.71. The number of hydrogen-bond donors (Lipinski definition) is 1. The molecular formula is C21H20FN3O2S. The summed E-state index contributed by atoms with van der Waals surface area (Å²) in [5, 5.41) is 0. The fraction of sp³-hybridized carbons (Fsp3) is 0.190. The van der Waals surface area contributed by atoms with Gasteiger partial charge in [0, 0.05) is 13.1 Å². The Morgan fingerprint density at radius 1 is 1.07 bits per heavy atom. The van der Waals surface area contributed by atoms with Gasteiger partial charge < -0.3 is 4.90 Å². The number of benzene rings is 2. The molecule has 2 aromatic carbocycles. The van der Waals surface area contributed by atoms with Crippen LogP contribution in [-0.4, -0.2) is 19.9 Å². The van der Waals surface area contributed by atoms with Crippen LogP contribution in [-0.2, 0) is 23.0 Å². The first kappa shape index (κ1) is 18.4. The van der Waals surface area contributed by atoms with Crippen molar-refractivity contribution >= 4 is 21.5 Å². The first-order valence-electron chi connectivity index (χ1n) is 8.99. The number of hydrogen-bond acceptors (Lipinski definition) is 4. The summed E-state index contributed by atoms with van der Waals surface area (Å²) in [5.41, 5.74) is 3.36. The van der Waals surface area contributed by atoms with Crippen LogP contribution >= 0.6 is 0 Å². The molecule has 1 aliphatic heterocycles. The molecule has 0 spiro atoms. The van der Waals surface area contributed by atoms with Crippen molar-refractivity contribution in [3.05, 3.63) is 83.3 Å². The fourth-order valence-corrected chi connectivity index (χ4v) is 4.72. The first-order valence-corrected chi connectivity index (χ1v) is 10.5. The quantitative estimate of drug-likeness (QED) is 0.725. The lowest BCUT2D eigenvalue weighted by Crippen LogP contribution is -2.30. The molecule has 0 amide bonds. The second kappa shape index (κ2) is 7.24. The van der Waals surface area contributed by atoms with Gasteiger partial charge in [0.25, 0.3) is 10.0 Å². The molecule has 1 aromatic heterocycles. The van der Waals surface area contributed by atoms with E-state index in [9.17, 15) is 12.8 Å². The molecule has 1 N–H and O–H groups in total. The average Bonchev–Trinajstić information content (AvgIpc) is 2.67. The molecule has 0 radical (unpaired) electrons. The molecule has 3 aromatic rings. The van der Waals surface area contributed by atoms with Gasteiger partial charge in [0.2, 0.25) is 0 Å². The van der Waals surface area contributed by atoms with Gasteiger partial charge in [-0.05, 0) is 60.4 Å². The maximum atomic E-state index is 13.2. The zero-order valence-corrected chi connectivity index (χ0v) is 16.2. The van der Waals surface area contributed by atoms with Crippen molar-refractivity contribution in [3.8, 4) is 0 Å². The number of sulfonamides is 1. The van der Waals surface area contributed by atoms with Crippen LogP contribution in [0.15, 0.2) is 65.7 Å². The monoisotopic (exact) mass is 397 g/mol. The van der Waals surface area contributed by atoms with E-state index in [1.807, 2.05) is 12.1 Å². The van der Waals surface area contributed by atoms with Crippen molar-refractivity contribution in [3.63, 3.8) is 0 Å². The summed E-state index contributed by atoms with van der Waals surface area (Å²) in [6, 6.07) is 15.5. The minimum absolute atomic E-state index is 0.0469.